The largest absolute Gasteiger partial charge is 0.324 e. The zero-order chi connectivity index (χ0) is 11.7. The van der Waals surface area contributed by atoms with Crippen molar-refractivity contribution in [3.05, 3.63) is 0 Å². The predicted octanol–water partition coefficient (Wildman–Crippen LogP) is 1.14. The third-order valence-electron chi connectivity index (χ3n) is 2.95. The highest BCUT2D eigenvalue weighted by molar-refractivity contribution is 4.85. The molecule has 1 aliphatic rings. The van der Waals surface area contributed by atoms with Crippen LogP contribution in [0, 0.1) is 0 Å². The quantitative estimate of drug-likeness (QED) is 0.746. The van der Waals surface area contributed by atoms with Gasteiger partial charge in [-0.3, -0.25) is 9.80 Å². The van der Waals surface area contributed by atoms with Gasteiger partial charge in [0, 0.05) is 43.8 Å². The van der Waals surface area contributed by atoms with Gasteiger partial charge in [-0.1, -0.05) is 0 Å². The van der Waals surface area contributed by atoms with Gasteiger partial charge in [0.1, 0.15) is 0 Å². The molecule has 0 spiro atoms. The summed E-state index contributed by atoms with van der Waals surface area (Å²) in [4.78, 5) is 5.02. The number of piperazine rings is 1. The molecule has 1 saturated heterocycles. The maximum Gasteiger partial charge on any atom is 0.0226 e. The Balaban J connectivity index is 2.37. The van der Waals surface area contributed by atoms with E-state index in [0.29, 0.717) is 5.54 Å². The average Bonchev–Trinajstić information content (AvgIpc) is 2.00. The summed E-state index contributed by atoms with van der Waals surface area (Å²) < 4.78 is 0. The Labute approximate surface area is 94.6 Å². The molecule has 1 fully saturated rings. The first kappa shape index (κ1) is 12.9. The molecule has 15 heavy (non-hydrogen) atoms. The average molecular weight is 213 g/mol. The highest BCUT2D eigenvalue weighted by Crippen LogP contribution is 2.16. The van der Waals surface area contributed by atoms with Crippen LogP contribution in [0.4, 0.5) is 0 Å². The molecule has 0 amide bonds. The molecule has 0 aromatic rings. The van der Waals surface area contributed by atoms with E-state index < -0.39 is 0 Å². The maximum absolute atomic E-state index is 6.03. The Hall–Kier alpha value is -0.120. The molecule has 3 heteroatoms. The second kappa shape index (κ2) is 4.40. The summed E-state index contributed by atoms with van der Waals surface area (Å²) in [6, 6.07) is 0. The topological polar surface area (TPSA) is 32.5 Å². The van der Waals surface area contributed by atoms with E-state index in [1.165, 1.54) is 13.1 Å². The summed E-state index contributed by atoms with van der Waals surface area (Å²) in [5, 5.41) is 0. The van der Waals surface area contributed by atoms with Gasteiger partial charge >= 0.3 is 0 Å². The van der Waals surface area contributed by atoms with Crippen LogP contribution in [0.5, 0.6) is 0 Å². The van der Waals surface area contributed by atoms with E-state index in [2.05, 4.69) is 44.4 Å². The van der Waals surface area contributed by atoms with Crippen molar-refractivity contribution in [1.29, 1.82) is 0 Å². The SMILES string of the molecule is CC(C)(N)CN1CCN(C(C)(C)C)CC1. The molecular formula is C12H27N3. The number of hydrogen-bond donors (Lipinski definition) is 1. The van der Waals surface area contributed by atoms with Crippen LogP contribution in [0.2, 0.25) is 0 Å². The fraction of sp³-hybridized carbons (Fsp3) is 1.00. The molecule has 0 atom stereocenters. The van der Waals surface area contributed by atoms with Gasteiger partial charge in [-0.15, -0.1) is 0 Å². The minimum atomic E-state index is -0.0656. The highest BCUT2D eigenvalue weighted by atomic mass is 15.3. The molecule has 1 aliphatic heterocycles. The fourth-order valence-electron chi connectivity index (χ4n) is 2.15. The smallest absolute Gasteiger partial charge is 0.0226 e. The van der Waals surface area contributed by atoms with Gasteiger partial charge in [-0.25, -0.2) is 0 Å². The lowest BCUT2D eigenvalue weighted by Crippen LogP contribution is -2.56. The summed E-state index contributed by atoms with van der Waals surface area (Å²) in [5.41, 5.74) is 6.28. The lowest BCUT2D eigenvalue weighted by atomic mass is 10.0. The van der Waals surface area contributed by atoms with E-state index in [1.807, 2.05) is 0 Å². The van der Waals surface area contributed by atoms with E-state index in [-0.39, 0.29) is 5.54 Å². The Bertz CT molecular complexity index is 192. The molecule has 0 bridgehead atoms. The minimum Gasteiger partial charge on any atom is -0.324 e. The maximum atomic E-state index is 6.03. The Morgan fingerprint density at radius 3 is 1.73 bits per heavy atom. The van der Waals surface area contributed by atoms with E-state index in [9.17, 15) is 0 Å². The van der Waals surface area contributed by atoms with Gasteiger partial charge in [0.05, 0.1) is 0 Å². The Kier molecular flexibility index (Phi) is 3.80. The van der Waals surface area contributed by atoms with Crippen molar-refractivity contribution in [2.75, 3.05) is 32.7 Å². The molecule has 3 nitrogen and oxygen atoms in total. The second-order valence-electron chi connectivity index (χ2n) is 6.42. The van der Waals surface area contributed by atoms with Crippen molar-refractivity contribution in [1.82, 2.24) is 9.80 Å². The fourth-order valence-corrected chi connectivity index (χ4v) is 2.15. The van der Waals surface area contributed by atoms with Crippen molar-refractivity contribution >= 4 is 0 Å². The molecule has 0 aliphatic carbocycles. The van der Waals surface area contributed by atoms with E-state index in [4.69, 9.17) is 5.73 Å². The van der Waals surface area contributed by atoms with Crippen molar-refractivity contribution in [2.45, 2.75) is 45.7 Å². The number of nitrogens with zero attached hydrogens (tertiary/aromatic N) is 2. The van der Waals surface area contributed by atoms with Gasteiger partial charge in [0.25, 0.3) is 0 Å². The van der Waals surface area contributed by atoms with Crippen LogP contribution in [-0.2, 0) is 0 Å². The molecule has 2 N–H and O–H groups in total. The van der Waals surface area contributed by atoms with Crippen molar-refractivity contribution < 1.29 is 0 Å². The zero-order valence-electron chi connectivity index (χ0n) is 11.0. The molecule has 0 radical (unpaired) electrons. The molecule has 0 unspecified atom stereocenters. The molecule has 90 valence electrons. The highest BCUT2D eigenvalue weighted by Gasteiger charge is 2.27. The van der Waals surface area contributed by atoms with E-state index in [0.717, 1.165) is 19.6 Å². The Morgan fingerprint density at radius 2 is 1.40 bits per heavy atom. The van der Waals surface area contributed by atoms with Crippen LogP contribution in [0.15, 0.2) is 0 Å². The lowest BCUT2D eigenvalue weighted by Gasteiger charge is -2.43. The molecule has 0 aromatic carbocycles. The summed E-state index contributed by atoms with van der Waals surface area (Å²) >= 11 is 0. The summed E-state index contributed by atoms with van der Waals surface area (Å²) in [6.07, 6.45) is 0. The molecule has 1 heterocycles. The number of nitrogens with two attached hydrogens (primary N) is 1. The van der Waals surface area contributed by atoms with Crippen LogP contribution in [0.1, 0.15) is 34.6 Å². The number of hydrogen-bond acceptors (Lipinski definition) is 3. The molecule has 1 rings (SSSR count). The molecular weight excluding hydrogens is 186 g/mol. The van der Waals surface area contributed by atoms with Crippen LogP contribution in [0.3, 0.4) is 0 Å². The van der Waals surface area contributed by atoms with Crippen molar-refractivity contribution in [3.8, 4) is 0 Å². The normalized spacial score (nSPS) is 22.0. The standard InChI is InChI=1S/C12H27N3/c1-11(2,3)15-8-6-14(7-9-15)10-12(4,5)13/h6-10,13H2,1-5H3. The molecule has 0 saturated carbocycles. The first-order valence-corrected chi connectivity index (χ1v) is 5.95. The minimum absolute atomic E-state index is 0.0656. The second-order valence-corrected chi connectivity index (χ2v) is 6.42. The van der Waals surface area contributed by atoms with Crippen LogP contribution < -0.4 is 5.73 Å². The third-order valence-corrected chi connectivity index (χ3v) is 2.95. The van der Waals surface area contributed by atoms with Gasteiger partial charge in [-0.2, -0.15) is 0 Å². The Morgan fingerprint density at radius 1 is 0.933 bits per heavy atom. The van der Waals surface area contributed by atoms with Crippen LogP contribution in [0.25, 0.3) is 0 Å². The van der Waals surface area contributed by atoms with Crippen molar-refractivity contribution in [2.24, 2.45) is 5.73 Å². The predicted molar refractivity (Wildman–Crippen MR) is 66.0 cm³/mol. The van der Waals surface area contributed by atoms with Gasteiger partial charge in [-0.05, 0) is 34.6 Å². The summed E-state index contributed by atoms with van der Waals surface area (Å²) in [7, 11) is 0. The first-order valence-electron chi connectivity index (χ1n) is 5.95. The number of rotatable bonds is 2. The summed E-state index contributed by atoms with van der Waals surface area (Å²) in [6.45, 7) is 16.7. The lowest BCUT2D eigenvalue weighted by molar-refractivity contribution is 0.0549. The molecule has 0 aromatic heterocycles. The first-order chi connectivity index (χ1) is 6.68. The van der Waals surface area contributed by atoms with Gasteiger partial charge < -0.3 is 5.73 Å². The van der Waals surface area contributed by atoms with Gasteiger partial charge in [0.2, 0.25) is 0 Å². The van der Waals surface area contributed by atoms with Crippen molar-refractivity contribution in [3.63, 3.8) is 0 Å². The van der Waals surface area contributed by atoms with Crippen LogP contribution >= 0.6 is 0 Å². The monoisotopic (exact) mass is 213 g/mol. The van der Waals surface area contributed by atoms with E-state index >= 15 is 0 Å². The third kappa shape index (κ3) is 4.49. The summed E-state index contributed by atoms with van der Waals surface area (Å²) in [5.74, 6) is 0. The van der Waals surface area contributed by atoms with Gasteiger partial charge in [0.15, 0.2) is 0 Å². The van der Waals surface area contributed by atoms with E-state index in [1.54, 1.807) is 0 Å². The zero-order valence-corrected chi connectivity index (χ0v) is 11.0. The van der Waals surface area contributed by atoms with Crippen LogP contribution in [-0.4, -0.2) is 53.6 Å².